The Bertz CT molecular complexity index is 1070. The van der Waals surface area contributed by atoms with Gasteiger partial charge >= 0.3 is 0 Å². The van der Waals surface area contributed by atoms with Gasteiger partial charge in [0, 0.05) is 33.6 Å². The molecule has 4 nitrogen and oxygen atoms in total. The topological polar surface area (TPSA) is 40.6 Å². The van der Waals surface area contributed by atoms with Crippen molar-refractivity contribution in [2.24, 2.45) is 0 Å². The second-order valence-electron chi connectivity index (χ2n) is 7.09. The van der Waals surface area contributed by atoms with Crippen LogP contribution in [0.5, 0.6) is 0 Å². The third-order valence-electron chi connectivity index (χ3n) is 4.64. The van der Waals surface area contributed by atoms with Gasteiger partial charge in [-0.05, 0) is 47.3 Å². The van der Waals surface area contributed by atoms with Crippen LogP contribution in [0, 0.1) is 5.82 Å². The Kier molecular flexibility index (Phi) is 8.45. The molecule has 2 aromatic carbocycles. The molecule has 3 aromatic rings. The van der Waals surface area contributed by atoms with Crippen LogP contribution < -0.4 is 0 Å². The van der Waals surface area contributed by atoms with Crippen LogP contribution in [0.25, 0.3) is 0 Å². The first-order valence-corrected chi connectivity index (χ1v) is 11.4. The van der Waals surface area contributed by atoms with Crippen LogP contribution in [0.15, 0.2) is 72.6 Å². The van der Waals surface area contributed by atoms with E-state index in [1.165, 1.54) is 46.6 Å². The minimum Gasteiger partial charge on any atom is -0.332 e. The van der Waals surface area contributed by atoms with Crippen molar-refractivity contribution in [3.8, 4) is 0 Å². The van der Waals surface area contributed by atoms with Gasteiger partial charge in [-0.3, -0.25) is 9.59 Å². The second-order valence-corrected chi connectivity index (χ2v) is 8.99. The van der Waals surface area contributed by atoms with Gasteiger partial charge in [0.1, 0.15) is 12.4 Å². The summed E-state index contributed by atoms with van der Waals surface area (Å²) in [5.41, 5.74) is 1.08. The van der Waals surface area contributed by atoms with Crippen LogP contribution in [0.1, 0.15) is 20.8 Å². The Labute approximate surface area is 200 Å². The molecule has 0 saturated carbocycles. The lowest BCUT2D eigenvalue weighted by Gasteiger charge is -2.27. The highest BCUT2D eigenvalue weighted by Crippen LogP contribution is 2.21. The maximum atomic E-state index is 13.3. The van der Waals surface area contributed by atoms with E-state index in [-0.39, 0.29) is 37.3 Å². The maximum absolute atomic E-state index is 13.3. The fourth-order valence-electron chi connectivity index (χ4n) is 3.13. The molecule has 166 valence electrons. The van der Waals surface area contributed by atoms with Crippen molar-refractivity contribution in [1.29, 1.82) is 0 Å². The number of halogens is 3. The third-order valence-corrected chi connectivity index (χ3v) is 5.94. The lowest BCUT2D eigenvalue weighted by molar-refractivity contribution is -0.133. The van der Waals surface area contributed by atoms with Crippen molar-refractivity contribution in [2.75, 3.05) is 13.1 Å². The standard InChI is InChI=1S/C24H21Cl2FN2O2S/c1-2-9-28(24(31)18-11-19(25)13-20(26)12-18)16-23(30)29(15-22-4-3-10-32-22)14-17-5-7-21(27)8-6-17/h2-8,10-13H,1,9,14-16H2. The van der Waals surface area contributed by atoms with Crippen molar-refractivity contribution in [3.05, 3.63) is 104 Å². The van der Waals surface area contributed by atoms with Crippen LogP contribution in [-0.4, -0.2) is 34.7 Å². The number of benzene rings is 2. The zero-order chi connectivity index (χ0) is 23.1. The Balaban J connectivity index is 1.81. The molecule has 0 aliphatic rings. The predicted octanol–water partition coefficient (Wildman–Crippen LogP) is 6.05. The zero-order valence-corrected chi connectivity index (χ0v) is 19.5. The highest BCUT2D eigenvalue weighted by Gasteiger charge is 2.23. The van der Waals surface area contributed by atoms with E-state index >= 15 is 0 Å². The van der Waals surface area contributed by atoms with Gasteiger partial charge in [-0.1, -0.05) is 47.5 Å². The van der Waals surface area contributed by atoms with Crippen molar-refractivity contribution >= 4 is 46.4 Å². The first-order valence-electron chi connectivity index (χ1n) is 9.76. The van der Waals surface area contributed by atoms with E-state index in [9.17, 15) is 14.0 Å². The quantitative estimate of drug-likeness (QED) is 0.342. The summed E-state index contributed by atoms with van der Waals surface area (Å²) in [5.74, 6) is -0.959. The fraction of sp³-hybridized carbons (Fsp3) is 0.167. The predicted molar refractivity (Wildman–Crippen MR) is 128 cm³/mol. The molecule has 0 saturated heterocycles. The van der Waals surface area contributed by atoms with E-state index in [0.29, 0.717) is 22.2 Å². The number of hydrogen-bond donors (Lipinski definition) is 0. The first kappa shape index (κ1) is 24.0. The Morgan fingerprint density at radius 1 is 1.00 bits per heavy atom. The summed E-state index contributed by atoms with van der Waals surface area (Å²) >= 11 is 13.6. The smallest absolute Gasteiger partial charge is 0.254 e. The molecule has 0 unspecified atom stereocenters. The zero-order valence-electron chi connectivity index (χ0n) is 17.1. The molecular weight excluding hydrogens is 470 g/mol. The normalized spacial score (nSPS) is 10.6. The molecule has 0 radical (unpaired) electrons. The molecule has 3 rings (SSSR count). The summed E-state index contributed by atoms with van der Waals surface area (Å²) in [6.45, 7) is 4.39. The number of rotatable bonds is 9. The van der Waals surface area contributed by atoms with Gasteiger partial charge in [0.05, 0.1) is 6.54 Å². The van der Waals surface area contributed by atoms with Crippen LogP contribution in [0.2, 0.25) is 10.0 Å². The first-order chi connectivity index (χ1) is 15.4. The summed E-state index contributed by atoms with van der Waals surface area (Å²) < 4.78 is 13.3. The highest BCUT2D eigenvalue weighted by atomic mass is 35.5. The number of nitrogens with zero attached hydrogens (tertiary/aromatic N) is 2. The number of amides is 2. The summed E-state index contributed by atoms with van der Waals surface area (Å²) in [7, 11) is 0. The summed E-state index contributed by atoms with van der Waals surface area (Å²) in [4.78, 5) is 30.4. The van der Waals surface area contributed by atoms with Gasteiger partial charge in [0.2, 0.25) is 5.91 Å². The largest absolute Gasteiger partial charge is 0.332 e. The van der Waals surface area contributed by atoms with E-state index in [2.05, 4.69) is 6.58 Å². The average Bonchev–Trinajstić information content (AvgIpc) is 3.26. The number of thiophene rings is 1. The highest BCUT2D eigenvalue weighted by molar-refractivity contribution is 7.09. The van der Waals surface area contributed by atoms with Crippen LogP contribution in [0.4, 0.5) is 4.39 Å². The van der Waals surface area contributed by atoms with E-state index in [0.717, 1.165) is 10.4 Å². The monoisotopic (exact) mass is 490 g/mol. The third kappa shape index (κ3) is 6.66. The molecule has 0 atom stereocenters. The number of hydrogen-bond acceptors (Lipinski definition) is 3. The molecule has 0 aliphatic heterocycles. The van der Waals surface area contributed by atoms with Crippen molar-refractivity contribution in [1.82, 2.24) is 9.80 Å². The Morgan fingerprint density at radius 2 is 1.69 bits per heavy atom. The van der Waals surface area contributed by atoms with Crippen LogP contribution in [0.3, 0.4) is 0 Å². The Morgan fingerprint density at radius 3 is 2.28 bits per heavy atom. The lowest BCUT2D eigenvalue weighted by atomic mass is 10.2. The van der Waals surface area contributed by atoms with Gasteiger partial charge in [-0.15, -0.1) is 17.9 Å². The summed E-state index contributed by atoms with van der Waals surface area (Å²) in [6.07, 6.45) is 1.56. The van der Waals surface area contributed by atoms with Crippen LogP contribution >= 0.6 is 34.5 Å². The van der Waals surface area contributed by atoms with E-state index in [4.69, 9.17) is 23.2 Å². The van der Waals surface area contributed by atoms with Gasteiger partial charge < -0.3 is 9.80 Å². The minimum absolute atomic E-state index is 0.151. The summed E-state index contributed by atoms with van der Waals surface area (Å²) in [6, 6.07) is 14.4. The van der Waals surface area contributed by atoms with Crippen molar-refractivity contribution in [2.45, 2.75) is 13.1 Å². The van der Waals surface area contributed by atoms with Gasteiger partial charge in [0.25, 0.3) is 5.91 Å². The van der Waals surface area contributed by atoms with Crippen LogP contribution in [-0.2, 0) is 17.9 Å². The maximum Gasteiger partial charge on any atom is 0.254 e. The average molecular weight is 491 g/mol. The molecule has 0 bridgehead atoms. The number of carbonyl (C=O) groups is 2. The van der Waals surface area contributed by atoms with Gasteiger partial charge in [0.15, 0.2) is 0 Å². The molecule has 0 spiro atoms. The second kappa shape index (κ2) is 11.3. The number of carbonyl (C=O) groups excluding carboxylic acids is 2. The molecule has 0 aliphatic carbocycles. The molecule has 0 fully saturated rings. The van der Waals surface area contributed by atoms with Crippen molar-refractivity contribution in [3.63, 3.8) is 0 Å². The van der Waals surface area contributed by atoms with Gasteiger partial charge in [-0.25, -0.2) is 4.39 Å². The molecule has 0 N–H and O–H groups in total. The Hall–Kier alpha value is -2.67. The molecular formula is C24H21Cl2FN2O2S. The van der Waals surface area contributed by atoms with E-state index in [1.807, 2.05) is 17.5 Å². The molecule has 8 heteroatoms. The molecule has 1 heterocycles. The van der Waals surface area contributed by atoms with Gasteiger partial charge in [-0.2, -0.15) is 0 Å². The SMILES string of the molecule is C=CCN(CC(=O)N(Cc1ccc(F)cc1)Cc1cccs1)C(=O)c1cc(Cl)cc(Cl)c1. The van der Waals surface area contributed by atoms with Crippen molar-refractivity contribution < 1.29 is 14.0 Å². The van der Waals surface area contributed by atoms with E-state index in [1.54, 1.807) is 23.1 Å². The lowest BCUT2D eigenvalue weighted by Crippen LogP contribution is -2.42. The molecule has 1 aromatic heterocycles. The summed E-state index contributed by atoms with van der Waals surface area (Å²) in [5, 5.41) is 2.61. The molecule has 32 heavy (non-hydrogen) atoms. The van der Waals surface area contributed by atoms with E-state index < -0.39 is 0 Å². The molecule has 2 amide bonds. The minimum atomic E-state index is -0.375. The fourth-order valence-corrected chi connectivity index (χ4v) is 4.38.